The Kier molecular flexibility index (Phi) is 6.95. The van der Waals surface area contributed by atoms with Crippen LogP contribution in [0.2, 0.25) is 0 Å². The van der Waals surface area contributed by atoms with Crippen molar-refractivity contribution in [3.05, 3.63) is 119 Å². The average Bonchev–Trinajstić information content (AvgIpc) is 3.34. The van der Waals surface area contributed by atoms with Gasteiger partial charge in [-0.25, -0.2) is 9.67 Å². The molecule has 36 heavy (non-hydrogen) atoms. The summed E-state index contributed by atoms with van der Waals surface area (Å²) in [5.74, 6) is -0.0352. The van der Waals surface area contributed by atoms with Crippen LogP contribution in [0.3, 0.4) is 0 Å². The number of hydrogen-bond donors (Lipinski definition) is 1. The highest BCUT2D eigenvalue weighted by molar-refractivity contribution is 8.00. The summed E-state index contributed by atoms with van der Waals surface area (Å²) in [5, 5.41) is 4.67. The van der Waals surface area contributed by atoms with E-state index < -0.39 is 5.25 Å². The fraction of sp³-hybridized carbons (Fsp3) is 0.143. The van der Waals surface area contributed by atoms with E-state index in [1.807, 2.05) is 103 Å². The van der Waals surface area contributed by atoms with Crippen LogP contribution in [-0.2, 0) is 17.9 Å². The molecule has 180 valence electrons. The van der Waals surface area contributed by atoms with E-state index in [-0.39, 0.29) is 11.5 Å². The van der Waals surface area contributed by atoms with Gasteiger partial charge in [0.2, 0.25) is 5.91 Å². The lowest BCUT2D eigenvalue weighted by Gasteiger charge is -2.26. The Balaban J connectivity index is 1.41. The van der Waals surface area contributed by atoms with Gasteiger partial charge in [0.15, 0.2) is 10.8 Å². The number of carbonyl (C=O) groups is 1. The molecule has 0 saturated carbocycles. The van der Waals surface area contributed by atoms with Crippen LogP contribution >= 0.6 is 11.8 Å². The molecule has 2 aromatic heterocycles. The van der Waals surface area contributed by atoms with Gasteiger partial charge in [-0.05, 0) is 30.2 Å². The van der Waals surface area contributed by atoms with Gasteiger partial charge in [0.25, 0.3) is 5.56 Å². The van der Waals surface area contributed by atoms with Crippen molar-refractivity contribution in [2.45, 2.75) is 30.4 Å². The number of fused-ring (bicyclic) bond motifs is 1. The summed E-state index contributed by atoms with van der Waals surface area (Å²) < 4.78 is 1.64. The van der Waals surface area contributed by atoms with Crippen LogP contribution < -0.4 is 5.56 Å². The van der Waals surface area contributed by atoms with E-state index in [0.717, 1.165) is 16.8 Å². The van der Waals surface area contributed by atoms with Gasteiger partial charge in [-0.15, -0.1) is 0 Å². The molecule has 0 spiro atoms. The number of rotatable bonds is 8. The van der Waals surface area contributed by atoms with Crippen molar-refractivity contribution in [2.75, 3.05) is 0 Å². The highest BCUT2D eigenvalue weighted by Gasteiger charge is 2.24. The van der Waals surface area contributed by atoms with Crippen LogP contribution in [-0.4, -0.2) is 35.8 Å². The van der Waals surface area contributed by atoms with Gasteiger partial charge in [-0.3, -0.25) is 9.59 Å². The van der Waals surface area contributed by atoms with Gasteiger partial charge < -0.3 is 9.88 Å². The van der Waals surface area contributed by atoms with E-state index >= 15 is 0 Å². The molecule has 2 heterocycles. The Hall–Kier alpha value is -4.17. The molecule has 0 aliphatic heterocycles. The summed E-state index contributed by atoms with van der Waals surface area (Å²) in [5.41, 5.74) is 3.09. The van der Waals surface area contributed by atoms with Crippen molar-refractivity contribution >= 4 is 28.7 Å². The molecule has 0 aliphatic carbocycles. The van der Waals surface area contributed by atoms with Crippen LogP contribution in [0.15, 0.2) is 107 Å². The normalized spacial score (nSPS) is 11.9. The molecular formula is C28H25N5O2S. The number of thioether (sulfide) groups is 1. The lowest BCUT2D eigenvalue weighted by molar-refractivity contribution is -0.131. The molecule has 1 atom stereocenters. The third kappa shape index (κ3) is 5.23. The quantitative estimate of drug-likeness (QED) is 0.247. The highest BCUT2D eigenvalue weighted by atomic mass is 32.2. The number of aromatic nitrogens is 4. The predicted octanol–water partition coefficient (Wildman–Crippen LogP) is 4.82. The molecule has 1 N–H and O–H groups in total. The zero-order chi connectivity index (χ0) is 24.9. The van der Waals surface area contributed by atoms with Gasteiger partial charge >= 0.3 is 0 Å². The maximum atomic E-state index is 13.6. The highest BCUT2D eigenvalue weighted by Crippen LogP contribution is 2.24. The van der Waals surface area contributed by atoms with Gasteiger partial charge in [0.05, 0.1) is 17.1 Å². The number of benzene rings is 3. The maximum absolute atomic E-state index is 13.6. The molecule has 0 fully saturated rings. The van der Waals surface area contributed by atoms with Crippen molar-refractivity contribution in [3.8, 4) is 5.69 Å². The van der Waals surface area contributed by atoms with E-state index in [1.54, 1.807) is 4.68 Å². The Labute approximate surface area is 212 Å². The van der Waals surface area contributed by atoms with Gasteiger partial charge in [-0.2, -0.15) is 5.10 Å². The predicted molar refractivity (Wildman–Crippen MR) is 142 cm³/mol. The molecule has 3 aromatic carbocycles. The maximum Gasteiger partial charge on any atom is 0.262 e. The zero-order valence-electron chi connectivity index (χ0n) is 19.7. The number of nitrogens with zero attached hydrogens (tertiary/aromatic N) is 4. The number of aromatic amines is 1. The first-order valence-electron chi connectivity index (χ1n) is 11.7. The minimum absolute atomic E-state index is 0.0352. The molecule has 1 unspecified atom stereocenters. The third-order valence-electron chi connectivity index (χ3n) is 5.80. The smallest absolute Gasteiger partial charge is 0.262 e. The molecule has 5 aromatic rings. The monoisotopic (exact) mass is 495 g/mol. The number of nitrogens with one attached hydrogen (secondary N) is 1. The summed E-state index contributed by atoms with van der Waals surface area (Å²) in [4.78, 5) is 35.7. The molecule has 0 aliphatic rings. The van der Waals surface area contributed by atoms with E-state index in [2.05, 4.69) is 15.1 Å². The molecule has 1 amide bonds. The van der Waals surface area contributed by atoms with Crippen LogP contribution in [0.4, 0.5) is 0 Å². The Bertz CT molecular complexity index is 1480. The average molecular weight is 496 g/mol. The first-order chi connectivity index (χ1) is 17.6. The second-order valence-electron chi connectivity index (χ2n) is 8.43. The Morgan fingerprint density at radius 1 is 0.917 bits per heavy atom. The number of carbonyl (C=O) groups excluding carboxylic acids is 1. The van der Waals surface area contributed by atoms with Gasteiger partial charge in [0.1, 0.15) is 5.39 Å². The van der Waals surface area contributed by atoms with Crippen molar-refractivity contribution in [3.63, 3.8) is 0 Å². The minimum Gasteiger partial charge on any atom is -0.333 e. The van der Waals surface area contributed by atoms with Crippen molar-refractivity contribution < 1.29 is 4.79 Å². The third-order valence-corrected chi connectivity index (χ3v) is 6.77. The first-order valence-corrected chi connectivity index (χ1v) is 12.5. The van der Waals surface area contributed by atoms with Crippen LogP contribution in [0.1, 0.15) is 18.1 Å². The van der Waals surface area contributed by atoms with E-state index in [4.69, 9.17) is 0 Å². The molecule has 0 bridgehead atoms. The summed E-state index contributed by atoms with van der Waals surface area (Å²) in [6.07, 6.45) is 1.51. The minimum atomic E-state index is -0.467. The zero-order valence-corrected chi connectivity index (χ0v) is 20.6. The molecule has 0 radical (unpaired) electrons. The van der Waals surface area contributed by atoms with Gasteiger partial charge in [0, 0.05) is 13.1 Å². The fourth-order valence-corrected chi connectivity index (χ4v) is 4.88. The second kappa shape index (κ2) is 10.6. The standard InChI is InChI=1S/C28H25N5O2S/c1-20(27(35)32(18-21-11-5-2-6-12-21)19-22-13-7-3-8-14-22)36-28-30-25-24(26(34)31-28)17-29-33(25)23-15-9-4-10-16-23/h2-17,20H,18-19H2,1H3,(H,30,31,34). The summed E-state index contributed by atoms with van der Waals surface area (Å²) in [7, 11) is 0. The van der Waals surface area contributed by atoms with Crippen LogP contribution in [0.25, 0.3) is 16.7 Å². The molecule has 7 nitrogen and oxygen atoms in total. The van der Waals surface area contributed by atoms with Crippen LogP contribution in [0, 0.1) is 0 Å². The number of para-hydroxylation sites is 1. The van der Waals surface area contributed by atoms with Crippen LogP contribution in [0.5, 0.6) is 0 Å². The van der Waals surface area contributed by atoms with Crippen molar-refractivity contribution in [1.29, 1.82) is 0 Å². The summed E-state index contributed by atoms with van der Waals surface area (Å²) >= 11 is 1.24. The Morgan fingerprint density at radius 3 is 2.06 bits per heavy atom. The summed E-state index contributed by atoms with van der Waals surface area (Å²) in [6.45, 7) is 2.82. The van der Waals surface area contributed by atoms with E-state index in [0.29, 0.717) is 29.3 Å². The number of H-pyrrole nitrogens is 1. The lowest BCUT2D eigenvalue weighted by Crippen LogP contribution is -2.35. The van der Waals surface area contributed by atoms with Crippen molar-refractivity contribution in [1.82, 2.24) is 24.6 Å². The lowest BCUT2D eigenvalue weighted by atomic mass is 10.1. The molecule has 5 rings (SSSR count). The fourth-order valence-electron chi connectivity index (χ4n) is 4.01. The SMILES string of the molecule is CC(Sc1nc2c(cnn2-c2ccccc2)c(=O)[nH]1)C(=O)N(Cc1ccccc1)Cc1ccccc1. The van der Waals surface area contributed by atoms with Gasteiger partial charge in [-0.1, -0.05) is 90.6 Å². The largest absolute Gasteiger partial charge is 0.333 e. The first kappa shape index (κ1) is 23.6. The Morgan fingerprint density at radius 2 is 1.47 bits per heavy atom. The van der Waals surface area contributed by atoms with E-state index in [9.17, 15) is 9.59 Å². The summed E-state index contributed by atoms with van der Waals surface area (Å²) in [6, 6.07) is 29.4. The van der Waals surface area contributed by atoms with E-state index in [1.165, 1.54) is 18.0 Å². The molecular weight excluding hydrogens is 470 g/mol. The van der Waals surface area contributed by atoms with Crippen molar-refractivity contribution in [2.24, 2.45) is 0 Å². The number of amides is 1. The molecule has 8 heteroatoms. The topological polar surface area (TPSA) is 83.9 Å². The second-order valence-corrected chi connectivity index (χ2v) is 9.76. The molecule has 0 saturated heterocycles. The number of hydrogen-bond acceptors (Lipinski definition) is 5.